The number of carbonyl (C=O) groups is 1. The Morgan fingerprint density at radius 3 is 0.731 bits per heavy atom. The Balaban J connectivity index is -0.0000000476. The standard InChI is InChI=1S/C6H12O.C5H12.2C4H10.2C3H8/c1-4-6(7)5(2)3;1-4-5(2)3;2*1-4(2)3;2*1-3-2/h5H,4H2,1-3H3;5H,4H2,1-3H3;2*4H,1-3H3;2*3H2,1-2H3. The van der Waals surface area contributed by atoms with Crippen LogP contribution in [-0.2, 0) is 4.79 Å². The van der Waals surface area contributed by atoms with E-state index in [1.165, 1.54) is 19.3 Å². The van der Waals surface area contributed by atoms with E-state index in [0.717, 1.165) is 17.8 Å². The summed E-state index contributed by atoms with van der Waals surface area (Å²) in [7, 11) is 0. The maximum absolute atomic E-state index is 10.5. The molecule has 0 saturated heterocycles. The summed E-state index contributed by atoms with van der Waals surface area (Å²) in [5.74, 6) is 3.12. The summed E-state index contributed by atoms with van der Waals surface area (Å²) >= 11 is 0. The van der Waals surface area contributed by atoms with Crippen molar-refractivity contribution in [3.05, 3.63) is 0 Å². The molecule has 0 bridgehead atoms. The highest BCUT2D eigenvalue weighted by Gasteiger charge is 2.00. The Morgan fingerprint density at radius 1 is 0.577 bits per heavy atom. The number of rotatable bonds is 3. The van der Waals surface area contributed by atoms with Gasteiger partial charge in [-0.25, -0.2) is 0 Å². The minimum Gasteiger partial charge on any atom is -0.299 e. The molecule has 1 heteroatoms. The van der Waals surface area contributed by atoms with Gasteiger partial charge in [0, 0.05) is 12.3 Å². The van der Waals surface area contributed by atoms with Crippen molar-refractivity contribution in [3.63, 3.8) is 0 Å². The topological polar surface area (TPSA) is 17.1 Å². The Morgan fingerprint density at radius 2 is 0.731 bits per heavy atom. The van der Waals surface area contributed by atoms with Crippen molar-refractivity contribution in [2.24, 2.45) is 23.7 Å². The predicted octanol–water partition coefficient (Wildman–Crippen LogP) is 9.83. The zero-order valence-electron chi connectivity index (χ0n) is 22.0. The molecule has 0 aliphatic rings. The summed E-state index contributed by atoms with van der Waals surface area (Å²) in [6.07, 6.45) is 4.48. The van der Waals surface area contributed by atoms with E-state index in [2.05, 4.69) is 90.0 Å². The van der Waals surface area contributed by atoms with Crippen LogP contribution in [0, 0.1) is 23.7 Å². The molecule has 0 fully saturated rings. The second kappa shape index (κ2) is 39.7. The summed E-state index contributed by atoms with van der Waals surface area (Å²) in [4.78, 5) is 10.5. The molecular formula is C25H60O. The van der Waals surface area contributed by atoms with Gasteiger partial charge in [0.25, 0.3) is 0 Å². The van der Waals surface area contributed by atoms with Gasteiger partial charge >= 0.3 is 0 Å². The van der Waals surface area contributed by atoms with E-state index < -0.39 is 0 Å². The first-order chi connectivity index (χ1) is 11.7. The van der Waals surface area contributed by atoms with Crippen molar-refractivity contribution in [2.45, 2.75) is 136 Å². The molecule has 0 N–H and O–H groups in total. The lowest BCUT2D eigenvalue weighted by Gasteiger charge is -1.96. The van der Waals surface area contributed by atoms with Gasteiger partial charge in [-0.15, -0.1) is 0 Å². The molecular weight excluding hydrogens is 316 g/mol. The number of hydrogen-bond acceptors (Lipinski definition) is 1. The summed E-state index contributed by atoms with van der Waals surface area (Å²) in [5.41, 5.74) is 0. The predicted molar refractivity (Wildman–Crippen MR) is 128 cm³/mol. The fourth-order valence-electron chi connectivity index (χ4n) is 0.408. The number of hydrogen-bond donors (Lipinski definition) is 0. The molecule has 0 aromatic heterocycles. The van der Waals surface area contributed by atoms with E-state index >= 15 is 0 Å². The minimum absolute atomic E-state index is 0.227. The van der Waals surface area contributed by atoms with E-state index in [1.807, 2.05) is 20.8 Å². The van der Waals surface area contributed by atoms with E-state index in [0.29, 0.717) is 12.2 Å². The molecule has 1 nitrogen and oxygen atoms in total. The smallest absolute Gasteiger partial charge is 0.135 e. The van der Waals surface area contributed by atoms with Crippen LogP contribution < -0.4 is 0 Å². The second-order valence-electron chi connectivity index (χ2n) is 8.65. The van der Waals surface area contributed by atoms with E-state index in [9.17, 15) is 4.79 Å². The SMILES string of the molecule is CC(C)C.CC(C)C.CCC.CCC.CCC(=O)C(C)C.CCC(C)C. The fraction of sp³-hybridized carbons (Fsp3) is 0.960. The molecule has 0 unspecified atom stereocenters. The molecule has 0 heterocycles. The highest BCUT2D eigenvalue weighted by atomic mass is 16.1. The number of ketones is 1. The second-order valence-corrected chi connectivity index (χ2v) is 8.65. The van der Waals surface area contributed by atoms with Crippen LogP contribution in [0.2, 0.25) is 0 Å². The van der Waals surface area contributed by atoms with E-state index in [1.54, 1.807) is 0 Å². The first-order valence-electron chi connectivity index (χ1n) is 11.3. The van der Waals surface area contributed by atoms with Crippen LogP contribution in [0.25, 0.3) is 0 Å². The molecule has 0 radical (unpaired) electrons. The van der Waals surface area contributed by atoms with Crippen LogP contribution in [-0.4, -0.2) is 5.78 Å². The lowest BCUT2D eigenvalue weighted by atomic mass is 10.1. The van der Waals surface area contributed by atoms with Gasteiger partial charge in [-0.05, 0) is 17.8 Å². The van der Waals surface area contributed by atoms with Gasteiger partial charge in [-0.1, -0.05) is 130 Å². The third-order valence-electron chi connectivity index (χ3n) is 1.81. The summed E-state index contributed by atoms with van der Waals surface area (Å²) in [6.45, 7) is 33.9. The molecule has 0 amide bonds. The van der Waals surface area contributed by atoms with Crippen molar-refractivity contribution < 1.29 is 4.79 Å². The number of Topliss-reactive ketones (excluding diaryl/α,β-unsaturated/α-hetero) is 1. The highest BCUT2D eigenvalue weighted by Crippen LogP contribution is 1.95. The lowest BCUT2D eigenvalue weighted by molar-refractivity contribution is -0.121. The fourth-order valence-corrected chi connectivity index (χ4v) is 0.408. The summed E-state index contributed by atoms with van der Waals surface area (Å²) in [6, 6.07) is 0. The first kappa shape index (κ1) is 40.4. The molecule has 0 spiro atoms. The minimum atomic E-state index is 0.227. The summed E-state index contributed by atoms with van der Waals surface area (Å²) in [5, 5.41) is 0. The Labute approximate surface area is 171 Å². The molecule has 0 rings (SSSR count). The molecule has 0 aliphatic heterocycles. The third kappa shape index (κ3) is 207. The van der Waals surface area contributed by atoms with Crippen molar-refractivity contribution in [3.8, 4) is 0 Å². The quantitative estimate of drug-likeness (QED) is 0.479. The molecule has 0 aromatic rings. The van der Waals surface area contributed by atoms with Crippen molar-refractivity contribution in [2.75, 3.05) is 0 Å². The van der Waals surface area contributed by atoms with E-state index in [4.69, 9.17) is 0 Å². The summed E-state index contributed by atoms with van der Waals surface area (Å²) < 4.78 is 0. The normalized spacial score (nSPS) is 8.62. The van der Waals surface area contributed by atoms with Gasteiger partial charge in [0.15, 0.2) is 0 Å². The maximum atomic E-state index is 10.5. The van der Waals surface area contributed by atoms with Gasteiger partial charge in [0.2, 0.25) is 0 Å². The zero-order valence-corrected chi connectivity index (χ0v) is 22.0. The highest BCUT2D eigenvalue weighted by molar-refractivity contribution is 5.79. The largest absolute Gasteiger partial charge is 0.299 e. The van der Waals surface area contributed by atoms with Crippen LogP contribution in [0.5, 0.6) is 0 Å². The van der Waals surface area contributed by atoms with Gasteiger partial charge in [0.05, 0.1) is 0 Å². The van der Waals surface area contributed by atoms with Crippen LogP contribution in [0.15, 0.2) is 0 Å². The molecule has 0 saturated carbocycles. The van der Waals surface area contributed by atoms with Crippen molar-refractivity contribution >= 4 is 5.78 Å². The van der Waals surface area contributed by atoms with Gasteiger partial charge in [-0.2, -0.15) is 0 Å². The van der Waals surface area contributed by atoms with Crippen molar-refractivity contribution in [1.29, 1.82) is 0 Å². The molecule has 0 aliphatic carbocycles. The first-order valence-corrected chi connectivity index (χ1v) is 11.3. The Bertz CT molecular complexity index is 177. The molecule has 0 atom stereocenters. The number of carbonyl (C=O) groups excluding carboxylic acids is 1. The van der Waals surface area contributed by atoms with Gasteiger partial charge < -0.3 is 0 Å². The van der Waals surface area contributed by atoms with Crippen LogP contribution in [0.4, 0.5) is 0 Å². The average Bonchev–Trinajstić information content (AvgIpc) is 2.47. The average molecular weight is 377 g/mol. The Hall–Kier alpha value is -0.330. The maximum Gasteiger partial charge on any atom is 0.135 e. The van der Waals surface area contributed by atoms with E-state index in [-0.39, 0.29) is 5.92 Å². The monoisotopic (exact) mass is 376 g/mol. The van der Waals surface area contributed by atoms with Crippen LogP contribution >= 0.6 is 0 Å². The third-order valence-corrected chi connectivity index (χ3v) is 1.81. The zero-order chi connectivity index (χ0) is 22.7. The van der Waals surface area contributed by atoms with Crippen molar-refractivity contribution in [1.82, 2.24) is 0 Å². The van der Waals surface area contributed by atoms with Gasteiger partial charge in [-0.3, -0.25) is 4.79 Å². The van der Waals surface area contributed by atoms with Crippen LogP contribution in [0.1, 0.15) is 136 Å². The van der Waals surface area contributed by atoms with Crippen LogP contribution in [0.3, 0.4) is 0 Å². The molecule has 0 aromatic carbocycles. The lowest BCUT2D eigenvalue weighted by Crippen LogP contribution is -2.03. The Kier molecular flexibility index (Phi) is 61.6. The molecule has 166 valence electrons. The molecule has 26 heavy (non-hydrogen) atoms. The van der Waals surface area contributed by atoms with Gasteiger partial charge in [0.1, 0.15) is 5.78 Å².